The van der Waals surface area contributed by atoms with Crippen molar-refractivity contribution in [2.75, 3.05) is 6.61 Å². The van der Waals surface area contributed by atoms with Gasteiger partial charge in [0.25, 0.3) is 6.43 Å². The van der Waals surface area contributed by atoms with Crippen molar-refractivity contribution in [3.05, 3.63) is 23.0 Å². The molecule has 0 aliphatic heterocycles. The van der Waals surface area contributed by atoms with Gasteiger partial charge >= 0.3 is 12.3 Å². The molecule has 0 saturated heterocycles. The van der Waals surface area contributed by atoms with E-state index in [0.717, 1.165) is 6.20 Å². The predicted molar refractivity (Wildman–Crippen MR) is 64.5 cm³/mol. The number of hydrogen-bond donors (Lipinski definition) is 0. The van der Waals surface area contributed by atoms with Crippen LogP contribution in [-0.4, -0.2) is 23.9 Å². The number of alkyl halides is 6. The van der Waals surface area contributed by atoms with Crippen LogP contribution in [0.15, 0.2) is 6.20 Å². The summed E-state index contributed by atoms with van der Waals surface area (Å²) in [5, 5.41) is -0.263. The summed E-state index contributed by atoms with van der Waals surface area (Å²) < 4.78 is 71.4. The minimum Gasteiger partial charge on any atom is -0.462 e. The second-order valence-electron chi connectivity index (χ2n) is 3.56. The fraction of sp³-hybridized carbons (Fsp3) is 0.455. The van der Waals surface area contributed by atoms with Crippen LogP contribution in [0.3, 0.4) is 0 Å². The standard InChI is InChI=1S/C11H9BrF5NO3/c1-2-20-10(19)5-4-18-6(3-12)8(7(5)9(13)14)21-11(15,16)17/h4,9H,2-3H2,1H3. The van der Waals surface area contributed by atoms with Crippen molar-refractivity contribution in [2.45, 2.75) is 25.0 Å². The molecule has 0 aliphatic rings. The normalized spacial score (nSPS) is 11.6. The van der Waals surface area contributed by atoms with Gasteiger partial charge in [-0.2, -0.15) is 0 Å². The van der Waals surface area contributed by atoms with E-state index in [2.05, 4.69) is 30.4 Å². The van der Waals surface area contributed by atoms with E-state index in [4.69, 9.17) is 0 Å². The van der Waals surface area contributed by atoms with Crippen LogP contribution in [0.2, 0.25) is 0 Å². The number of aromatic nitrogens is 1. The van der Waals surface area contributed by atoms with Gasteiger partial charge in [0.2, 0.25) is 0 Å². The number of ether oxygens (including phenoxy) is 2. The third-order valence-electron chi connectivity index (χ3n) is 2.20. The van der Waals surface area contributed by atoms with Crippen LogP contribution < -0.4 is 4.74 Å². The lowest BCUT2D eigenvalue weighted by molar-refractivity contribution is -0.275. The highest BCUT2D eigenvalue weighted by Crippen LogP contribution is 2.38. The Morgan fingerprint density at radius 1 is 1.43 bits per heavy atom. The first-order valence-electron chi connectivity index (χ1n) is 5.50. The topological polar surface area (TPSA) is 48.4 Å². The number of carbonyl (C=O) groups is 1. The largest absolute Gasteiger partial charge is 0.573 e. The molecule has 4 nitrogen and oxygen atoms in total. The summed E-state index contributed by atoms with van der Waals surface area (Å²) in [7, 11) is 0. The van der Waals surface area contributed by atoms with Crippen molar-refractivity contribution in [3.8, 4) is 5.75 Å². The first-order valence-corrected chi connectivity index (χ1v) is 6.62. The SMILES string of the molecule is CCOC(=O)c1cnc(CBr)c(OC(F)(F)F)c1C(F)F. The van der Waals surface area contributed by atoms with Crippen LogP contribution >= 0.6 is 15.9 Å². The molecule has 0 aliphatic carbocycles. The first-order chi connectivity index (χ1) is 9.71. The Morgan fingerprint density at radius 3 is 2.48 bits per heavy atom. The molecule has 0 bridgehead atoms. The van der Waals surface area contributed by atoms with Gasteiger partial charge in [0.15, 0.2) is 5.75 Å². The van der Waals surface area contributed by atoms with Crippen molar-refractivity contribution in [1.29, 1.82) is 0 Å². The summed E-state index contributed by atoms with van der Waals surface area (Å²) in [6.45, 7) is 1.30. The number of carbonyl (C=O) groups excluding carboxylic acids is 1. The van der Waals surface area contributed by atoms with E-state index in [1.165, 1.54) is 6.92 Å². The predicted octanol–water partition coefficient (Wildman–Crippen LogP) is 3.99. The van der Waals surface area contributed by atoms with Gasteiger partial charge < -0.3 is 9.47 Å². The van der Waals surface area contributed by atoms with Crippen molar-refractivity contribution in [1.82, 2.24) is 4.98 Å². The number of hydrogen-bond acceptors (Lipinski definition) is 4. The third kappa shape index (κ3) is 4.51. The molecule has 0 amide bonds. The number of nitrogens with zero attached hydrogens (tertiary/aromatic N) is 1. The maximum Gasteiger partial charge on any atom is 0.573 e. The molecule has 0 unspecified atom stereocenters. The molecule has 118 valence electrons. The molecule has 0 atom stereocenters. The lowest BCUT2D eigenvalue weighted by atomic mass is 10.1. The van der Waals surface area contributed by atoms with E-state index in [1.54, 1.807) is 0 Å². The molecular formula is C11H9BrF5NO3. The van der Waals surface area contributed by atoms with Gasteiger partial charge in [0, 0.05) is 11.5 Å². The molecule has 0 spiro atoms. The summed E-state index contributed by atoms with van der Waals surface area (Å²) >= 11 is 2.82. The Hall–Kier alpha value is -1.45. The second kappa shape index (κ2) is 7.01. The highest BCUT2D eigenvalue weighted by molar-refractivity contribution is 9.08. The maximum atomic E-state index is 13.1. The average Bonchev–Trinajstić information content (AvgIpc) is 2.36. The smallest absolute Gasteiger partial charge is 0.462 e. The van der Waals surface area contributed by atoms with Crippen LogP contribution in [0.25, 0.3) is 0 Å². The van der Waals surface area contributed by atoms with Crippen LogP contribution in [0, 0.1) is 0 Å². The fourth-order valence-electron chi connectivity index (χ4n) is 1.46. The molecule has 1 rings (SSSR count). The summed E-state index contributed by atoms with van der Waals surface area (Å²) in [6, 6.07) is 0. The number of pyridine rings is 1. The molecule has 21 heavy (non-hydrogen) atoms. The first kappa shape index (κ1) is 17.6. The Balaban J connectivity index is 3.48. The molecule has 0 saturated carbocycles. The molecule has 1 aromatic rings. The fourth-order valence-corrected chi connectivity index (χ4v) is 1.86. The van der Waals surface area contributed by atoms with E-state index in [-0.39, 0.29) is 11.9 Å². The van der Waals surface area contributed by atoms with Gasteiger partial charge in [0.1, 0.15) is 0 Å². The van der Waals surface area contributed by atoms with Gasteiger partial charge in [-0.15, -0.1) is 13.2 Å². The maximum absolute atomic E-state index is 13.1. The van der Waals surface area contributed by atoms with Crippen molar-refractivity contribution >= 4 is 21.9 Å². The van der Waals surface area contributed by atoms with Crippen LogP contribution in [0.1, 0.15) is 35.0 Å². The molecule has 0 N–H and O–H groups in total. The van der Waals surface area contributed by atoms with Gasteiger partial charge in [0.05, 0.1) is 23.4 Å². The Morgan fingerprint density at radius 2 is 2.05 bits per heavy atom. The summed E-state index contributed by atoms with van der Waals surface area (Å²) in [5.41, 5.74) is -2.37. The Labute approximate surface area is 124 Å². The number of halogens is 6. The van der Waals surface area contributed by atoms with E-state index in [9.17, 15) is 26.7 Å². The van der Waals surface area contributed by atoms with E-state index in [1.807, 2.05) is 0 Å². The van der Waals surface area contributed by atoms with Crippen molar-refractivity contribution in [2.24, 2.45) is 0 Å². The Bertz CT molecular complexity index is 521. The van der Waals surface area contributed by atoms with E-state index < -0.39 is 41.3 Å². The summed E-state index contributed by atoms with van der Waals surface area (Å²) in [6.07, 6.45) is -7.84. The molecule has 1 heterocycles. The van der Waals surface area contributed by atoms with Crippen LogP contribution in [0.5, 0.6) is 5.75 Å². The van der Waals surface area contributed by atoms with E-state index in [0.29, 0.717) is 0 Å². The quantitative estimate of drug-likeness (QED) is 0.442. The van der Waals surface area contributed by atoms with Gasteiger partial charge in [-0.05, 0) is 6.92 Å². The number of esters is 1. The second-order valence-corrected chi connectivity index (χ2v) is 4.12. The third-order valence-corrected chi connectivity index (χ3v) is 2.74. The zero-order valence-electron chi connectivity index (χ0n) is 10.5. The summed E-state index contributed by atoms with van der Waals surface area (Å²) in [5.74, 6) is -2.40. The number of rotatable bonds is 5. The zero-order valence-corrected chi connectivity index (χ0v) is 12.1. The van der Waals surface area contributed by atoms with Crippen molar-refractivity contribution < 1.29 is 36.2 Å². The molecule has 10 heteroatoms. The highest BCUT2D eigenvalue weighted by Gasteiger charge is 2.37. The highest BCUT2D eigenvalue weighted by atomic mass is 79.9. The van der Waals surface area contributed by atoms with Crippen molar-refractivity contribution in [3.63, 3.8) is 0 Å². The van der Waals surface area contributed by atoms with Crippen LogP contribution in [-0.2, 0) is 10.1 Å². The lowest BCUT2D eigenvalue weighted by Gasteiger charge is -2.17. The zero-order chi connectivity index (χ0) is 16.2. The van der Waals surface area contributed by atoms with E-state index >= 15 is 0 Å². The molecule has 1 aromatic heterocycles. The summed E-state index contributed by atoms with van der Waals surface area (Å²) in [4.78, 5) is 15.1. The minimum atomic E-state index is -5.20. The molecule has 0 radical (unpaired) electrons. The Kier molecular flexibility index (Phi) is 5.87. The molecular weight excluding hydrogens is 369 g/mol. The van der Waals surface area contributed by atoms with Gasteiger partial charge in [-0.25, -0.2) is 13.6 Å². The monoisotopic (exact) mass is 377 g/mol. The lowest BCUT2D eigenvalue weighted by Crippen LogP contribution is -2.21. The molecule has 0 fully saturated rings. The van der Waals surface area contributed by atoms with Gasteiger partial charge in [-0.1, -0.05) is 15.9 Å². The van der Waals surface area contributed by atoms with Gasteiger partial charge in [-0.3, -0.25) is 4.98 Å². The average molecular weight is 378 g/mol. The van der Waals surface area contributed by atoms with Crippen LogP contribution in [0.4, 0.5) is 22.0 Å². The minimum absolute atomic E-state index is 0.128. The molecule has 0 aromatic carbocycles.